The van der Waals surface area contributed by atoms with E-state index in [1.165, 1.54) is 44.9 Å². The standard InChI is InChI=1S/C14H24BrNO/c15-10-12-6-3-7-13(12)16-14(17)9-8-11-4-1-2-5-11/h11-13H,1-10H2,(H,16,17). The summed E-state index contributed by atoms with van der Waals surface area (Å²) < 4.78 is 0. The van der Waals surface area contributed by atoms with E-state index in [2.05, 4.69) is 21.2 Å². The first-order chi connectivity index (χ1) is 8.29. The van der Waals surface area contributed by atoms with Gasteiger partial charge in [0.15, 0.2) is 0 Å². The third kappa shape index (κ3) is 3.97. The summed E-state index contributed by atoms with van der Waals surface area (Å²) in [6.45, 7) is 0. The fourth-order valence-electron chi connectivity index (χ4n) is 3.32. The number of hydrogen-bond acceptors (Lipinski definition) is 1. The lowest BCUT2D eigenvalue weighted by atomic mass is 10.0. The lowest BCUT2D eigenvalue weighted by Crippen LogP contribution is -2.37. The summed E-state index contributed by atoms with van der Waals surface area (Å²) in [6, 6.07) is 0.436. The van der Waals surface area contributed by atoms with Crippen LogP contribution in [0.3, 0.4) is 0 Å². The molecule has 2 rings (SSSR count). The van der Waals surface area contributed by atoms with Crippen LogP contribution in [0.4, 0.5) is 0 Å². The Morgan fingerprint density at radius 1 is 1.12 bits per heavy atom. The molecule has 2 aliphatic carbocycles. The average molecular weight is 302 g/mol. The number of halogens is 1. The van der Waals surface area contributed by atoms with Crippen LogP contribution in [0.1, 0.15) is 57.8 Å². The first-order valence-electron chi connectivity index (χ1n) is 7.15. The Morgan fingerprint density at radius 3 is 2.59 bits per heavy atom. The van der Waals surface area contributed by atoms with Crippen LogP contribution in [0, 0.1) is 11.8 Å². The summed E-state index contributed by atoms with van der Waals surface area (Å²) in [5, 5.41) is 4.26. The SMILES string of the molecule is O=C(CCC1CCCC1)NC1CCCC1CBr. The van der Waals surface area contributed by atoms with E-state index >= 15 is 0 Å². The minimum Gasteiger partial charge on any atom is -0.353 e. The molecule has 1 N–H and O–H groups in total. The first kappa shape index (κ1) is 13.4. The van der Waals surface area contributed by atoms with Crippen LogP contribution in [0.25, 0.3) is 0 Å². The third-order valence-electron chi connectivity index (χ3n) is 4.46. The molecule has 0 radical (unpaired) electrons. The lowest BCUT2D eigenvalue weighted by Gasteiger charge is -2.19. The largest absolute Gasteiger partial charge is 0.353 e. The van der Waals surface area contributed by atoms with Gasteiger partial charge in [0.2, 0.25) is 5.91 Å². The number of rotatable bonds is 5. The van der Waals surface area contributed by atoms with Crippen molar-refractivity contribution in [3.05, 3.63) is 0 Å². The topological polar surface area (TPSA) is 29.1 Å². The maximum absolute atomic E-state index is 11.9. The summed E-state index contributed by atoms with van der Waals surface area (Å²) >= 11 is 3.55. The Bertz CT molecular complexity index is 251. The summed E-state index contributed by atoms with van der Waals surface area (Å²) in [5.41, 5.74) is 0. The minimum absolute atomic E-state index is 0.287. The molecule has 0 aromatic rings. The number of nitrogens with one attached hydrogen (secondary N) is 1. The van der Waals surface area contributed by atoms with E-state index in [4.69, 9.17) is 0 Å². The Morgan fingerprint density at radius 2 is 1.88 bits per heavy atom. The second-order valence-electron chi connectivity index (χ2n) is 5.71. The summed E-state index contributed by atoms with van der Waals surface area (Å²) in [5.74, 6) is 1.77. The van der Waals surface area contributed by atoms with Crippen molar-refractivity contribution in [2.24, 2.45) is 11.8 Å². The zero-order valence-corrected chi connectivity index (χ0v) is 12.2. The smallest absolute Gasteiger partial charge is 0.220 e. The highest BCUT2D eigenvalue weighted by Gasteiger charge is 2.27. The monoisotopic (exact) mass is 301 g/mol. The van der Waals surface area contributed by atoms with Gasteiger partial charge in [0, 0.05) is 17.8 Å². The van der Waals surface area contributed by atoms with Crippen LogP contribution in [0.2, 0.25) is 0 Å². The lowest BCUT2D eigenvalue weighted by molar-refractivity contribution is -0.122. The van der Waals surface area contributed by atoms with Crippen LogP contribution in [0.5, 0.6) is 0 Å². The average Bonchev–Trinajstić information content (AvgIpc) is 2.97. The van der Waals surface area contributed by atoms with Gasteiger partial charge in [-0.1, -0.05) is 48.0 Å². The Labute approximate surface area is 113 Å². The molecule has 1 amide bonds. The van der Waals surface area contributed by atoms with Crippen molar-refractivity contribution in [2.75, 3.05) is 5.33 Å². The van der Waals surface area contributed by atoms with Gasteiger partial charge in [0.05, 0.1) is 0 Å². The molecular formula is C14H24BrNO. The highest BCUT2D eigenvalue weighted by Crippen LogP contribution is 2.29. The molecule has 2 saturated carbocycles. The fourth-order valence-corrected chi connectivity index (χ4v) is 4.10. The summed E-state index contributed by atoms with van der Waals surface area (Å²) in [7, 11) is 0. The second-order valence-corrected chi connectivity index (χ2v) is 6.36. The molecule has 0 aliphatic heterocycles. The zero-order chi connectivity index (χ0) is 12.1. The van der Waals surface area contributed by atoms with E-state index in [-0.39, 0.29) is 5.91 Å². The molecule has 98 valence electrons. The molecular weight excluding hydrogens is 278 g/mol. The molecule has 2 aliphatic rings. The molecule has 2 nitrogen and oxygen atoms in total. The van der Waals surface area contributed by atoms with Crippen molar-refractivity contribution in [1.29, 1.82) is 0 Å². The number of carbonyl (C=O) groups excluding carboxylic acids is 1. The molecule has 3 heteroatoms. The number of alkyl halides is 1. The fraction of sp³-hybridized carbons (Fsp3) is 0.929. The Hall–Kier alpha value is -0.0500. The summed E-state index contributed by atoms with van der Waals surface area (Å²) in [4.78, 5) is 11.9. The van der Waals surface area contributed by atoms with Crippen LogP contribution in [0.15, 0.2) is 0 Å². The first-order valence-corrected chi connectivity index (χ1v) is 8.27. The maximum atomic E-state index is 11.9. The van der Waals surface area contributed by atoms with Crippen molar-refractivity contribution >= 4 is 21.8 Å². The van der Waals surface area contributed by atoms with Crippen molar-refractivity contribution in [1.82, 2.24) is 5.32 Å². The van der Waals surface area contributed by atoms with E-state index in [1.54, 1.807) is 0 Å². The van der Waals surface area contributed by atoms with E-state index in [9.17, 15) is 4.79 Å². The summed E-state index contributed by atoms with van der Waals surface area (Å²) in [6.07, 6.45) is 11.0. The predicted octanol–water partition coefficient (Wildman–Crippen LogP) is 3.64. The van der Waals surface area contributed by atoms with E-state index in [0.29, 0.717) is 12.0 Å². The molecule has 2 unspecified atom stereocenters. The van der Waals surface area contributed by atoms with Gasteiger partial charge in [0.1, 0.15) is 0 Å². The van der Waals surface area contributed by atoms with Gasteiger partial charge in [-0.2, -0.15) is 0 Å². The van der Waals surface area contributed by atoms with Gasteiger partial charge in [0.25, 0.3) is 0 Å². The normalized spacial score (nSPS) is 29.7. The highest BCUT2D eigenvalue weighted by atomic mass is 79.9. The van der Waals surface area contributed by atoms with E-state index in [0.717, 1.165) is 24.1 Å². The second kappa shape index (κ2) is 6.77. The molecule has 0 saturated heterocycles. The minimum atomic E-state index is 0.287. The van der Waals surface area contributed by atoms with Crippen molar-refractivity contribution in [2.45, 2.75) is 63.8 Å². The van der Waals surface area contributed by atoms with Crippen molar-refractivity contribution in [3.63, 3.8) is 0 Å². The van der Waals surface area contributed by atoms with Gasteiger partial charge in [-0.05, 0) is 31.1 Å². The van der Waals surface area contributed by atoms with Gasteiger partial charge in [-0.25, -0.2) is 0 Å². The van der Waals surface area contributed by atoms with Crippen LogP contribution in [-0.4, -0.2) is 17.3 Å². The molecule has 0 heterocycles. The number of carbonyl (C=O) groups is 1. The van der Waals surface area contributed by atoms with Crippen LogP contribution >= 0.6 is 15.9 Å². The van der Waals surface area contributed by atoms with E-state index in [1.807, 2.05) is 0 Å². The van der Waals surface area contributed by atoms with Crippen molar-refractivity contribution in [3.8, 4) is 0 Å². The van der Waals surface area contributed by atoms with Gasteiger partial charge in [-0.3, -0.25) is 4.79 Å². The number of hydrogen-bond donors (Lipinski definition) is 1. The molecule has 2 atom stereocenters. The highest BCUT2D eigenvalue weighted by molar-refractivity contribution is 9.09. The molecule has 0 aromatic carbocycles. The third-order valence-corrected chi connectivity index (χ3v) is 5.29. The van der Waals surface area contributed by atoms with Gasteiger partial charge >= 0.3 is 0 Å². The molecule has 0 aromatic heterocycles. The molecule has 17 heavy (non-hydrogen) atoms. The Balaban J connectivity index is 1.65. The van der Waals surface area contributed by atoms with Gasteiger partial charge in [-0.15, -0.1) is 0 Å². The number of amides is 1. The quantitative estimate of drug-likeness (QED) is 0.772. The van der Waals surface area contributed by atoms with Gasteiger partial charge < -0.3 is 5.32 Å². The molecule has 0 bridgehead atoms. The molecule has 0 spiro atoms. The molecule has 2 fully saturated rings. The van der Waals surface area contributed by atoms with Crippen LogP contribution < -0.4 is 5.32 Å². The Kier molecular flexibility index (Phi) is 5.33. The van der Waals surface area contributed by atoms with Crippen LogP contribution in [-0.2, 0) is 4.79 Å². The zero-order valence-electron chi connectivity index (χ0n) is 10.6. The maximum Gasteiger partial charge on any atom is 0.220 e. The van der Waals surface area contributed by atoms with E-state index < -0.39 is 0 Å². The van der Waals surface area contributed by atoms with Crippen molar-refractivity contribution < 1.29 is 4.79 Å². The predicted molar refractivity (Wildman–Crippen MR) is 74.3 cm³/mol.